The predicted molar refractivity (Wildman–Crippen MR) is 124 cm³/mol. The first-order valence-electron chi connectivity index (χ1n) is 10.0. The van der Waals surface area contributed by atoms with Gasteiger partial charge in [-0.05, 0) is 55.3 Å². The highest BCUT2D eigenvalue weighted by Gasteiger charge is 2.24. The van der Waals surface area contributed by atoms with Gasteiger partial charge in [-0.15, -0.1) is 0 Å². The lowest BCUT2D eigenvalue weighted by Crippen LogP contribution is -2.39. The molecule has 0 aromatic heterocycles. The molecule has 3 aromatic rings. The first-order valence-corrected chi connectivity index (χ1v) is 11.6. The third-order valence-corrected chi connectivity index (χ3v) is 6.49. The van der Waals surface area contributed by atoms with Crippen LogP contribution in [-0.4, -0.2) is 26.6 Å². The fourth-order valence-electron chi connectivity index (χ4n) is 3.04. The van der Waals surface area contributed by atoms with Gasteiger partial charge in [0.2, 0.25) is 15.9 Å². The van der Waals surface area contributed by atoms with Gasteiger partial charge >= 0.3 is 0 Å². The Morgan fingerprint density at radius 2 is 1.58 bits per heavy atom. The van der Waals surface area contributed by atoms with Crippen molar-refractivity contribution in [1.29, 1.82) is 0 Å². The van der Waals surface area contributed by atoms with Gasteiger partial charge in [0.25, 0.3) is 0 Å². The van der Waals surface area contributed by atoms with Crippen molar-refractivity contribution in [2.75, 3.05) is 21.9 Å². The summed E-state index contributed by atoms with van der Waals surface area (Å²) in [6.07, 6.45) is 0. The third kappa shape index (κ3) is 6.08. The number of amides is 1. The largest absolute Gasteiger partial charge is 0.489 e. The van der Waals surface area contributed by atoms with Crippen molar-refractivity contribution in [3.05, 3.63) is 90.0 Å². The normalized spacial score (nSPS) is 11.0. The zero-order valence-electron chi connectivity index (χ0n) is 17.6. The second-order valence-corrected chi connectivity index (χ2v) is 9.22. The Morgan fingerprint density at radius 3 is 2.23 bits per heavy atom. The smallest absolute Gasteiger partial charge is 0.245 e. The zero-order valence-corrected chi connectivity index (χ0v) is 18.4. The minimum Gasteiger partial charge on any atom is -0.489 e. The Bertz CT molecular complexity index is 1110. The first-order chi connectivity index (χ1) is 14.9. The van der Waals surface area contributed by atoms with E-state index >= 15 is 0 Å². The third-order valence-electron chi connectivity index (χ3n) is 4.76. The Balaban J connectivity index is 1.65. The fraction of sp³-hybridized carbons (Fsp3) is 0.208. The van der Waals surface area contributed by atoms with Gasteiger partial charge in [-0.2, -0.15) is 0 Å². The van der Waals surface area contributed by atoms with Gasteiger partial charge in [0.15, 0.2) is 0 Å². The molecule has 3 rings (SSSR count). The second kappa shape index (κ2) is 10.1. The Labute approximate surface area is 183 Å². The number of nitrogens with one attached hydrogen (secondary N) is 1. The number of ether oxygens (including phenoxy) is 1. The topological polar surface area (TPSA) is 75.7 Å². The molecule has 162 valence electrons. The minimum absolute atomic E-state index is 0.0952. The van der Waals surface area contributed by atoms with E-state index in [9.17, 15) is 13.2 Å². The number of benzene rings is 3. The highest BCUT2D eigenvalue weighted by Crippen LogP contribution is 2.23. The van der Waals surface area contributed by atoms with Crippen LogP contribution in [0.1, 0.15) is 18.1 Å². The van der Waals surface area contributed by atoms with Gasteiger partial charge in [-0.1, -0.05) is 48.5 Å². The van der Waals surface area contributed by atoms with Crippen molar-refractivity contribution in [1.82, 2.24) is 0 Å². The average molecular weight is 439 g/mol. The van der Waals surface area contributed by atoms with Crippen molar-refractivity contribution in [3.8, 4) is 5.75 Å². The fourth-order valence-corrected chi connectivity index (χ4v) is 4.17. The van der Waals surface area contributed by atoms with E-state index in [1.807, 2.05) is 49.4 Å². The number of sulfonamides is 1. The lowest BCUT2D eigenvalue weighted by Gasteiger charge is -2.25. The molecule has 0 aliphatic rings. The summed E-state index contributed by atoms with van der Waals surface area (Å²) in [5.74, 6) is 0.164. The molecule has 0 saturated heterocycles. The van der Waals surface area contributed by atoms with E-state index in [4.69, 9.17) is 4.74 Å². The van der Waals surface area contributed by atoms with Gasteiger partial charge in [0.05, 0.1) is 11.4 Å². The molecule has 1 amide bonds. The van der Waals surface area contributed by atoms with Crippen LogP contribution in [-0.2, 0) is 21.4 Å². The van der Waals surface area contributed by atoms with E-state index < -0.39 is 15.9 Å². The van der Waals surface area contributed by atoms with Crippen LogP contribution in [0.4, 0.5) is 11.4 Å². The molecule has 0 unspecified atom stereocenters. The molecule has 6 nitrogen and oxygen atoms in total. The molecule has 0 bridgehead atoms. The lowest BCUT2D eigenvalue weighted by molar-refractivity contribution is -0.114. The summed E-state index contributed by atoms with van der Waals surface area (Å²) in [4.78, 5) is 12.6. The SMILES string of the molecule is CCS(=O)(=O)N(CC(=O)Nc1ccc(OCc2ccccc2)cc1)c1ccccc1C. The van der Waals surface area contributed by atoms with Crippen molar-refractivity contribution in [2.45, 2.75) is 20.5 Å². The second-order valence-electron chi connectivity index (χ2n) is 7.04. The van der Waals surface area contributed by atoms with Gasteiger partial charge in [0, 0.05) is 5.69 Å². The van der Waals surface area contributed by atoms with Gasteiger partial charge in [0.1, 0.15) is 18.9 Å². The molecule has 0 saturated carbocycles. The van der Waals surface area contributed by atoms with E-state index in [1.54, 1.807) is 43.3 Å². The minimum atomic E-state index is -3.61. The lowest BCUT2D eigenvalue weighted by atomic mass is 10.2. The number of aryl methyl sites for hydroxylation is 1. The van der Waals surface area contributed by atoms with Crippen LogP contribution < -0.4 is 14.4 Å². The van der Waals surface area contributed by atoms with Crippen LogP contribution in [0.2, 0.25) is 0 Å². The van der Waals surface area contributed by atoms with Crippen LogP contribution in [0.15, 0.2) is 78.9 Å². The van der Waals surface area contributed by atoms with E-state index in [1.165, 1.54) is 0 Å². The van der Waals surface area contributed by atoms with Crippen LogP contribution >= 0.6 is 0 Å². The van der Waals surface area contributed by atoms with E-state index in [2.05, 4.69) is 5.32 Å². The molecule has 1 N–H and O–H groups in total. The Morgan fingerprint density at radius 1 is 0.935 bits per heavy atom. The summed E-state index contributed by atoms with van der Waals surface area (Å²) in [5, 5.41) is 2.76. The molecule has 31 heavy (non-hydrogen) atoms. The van der Waals surface area contributed by atoms with Gasteiger partial charge in [-0.3, -0.25) is 9.10 Å². The molecule has 0 aliphatic heterocycles. The van der Waals surface area contributed by atoms with Crippen LogP contribution in [0.3, 0.4) is 0 Å². The number of carbonyl (C=O) groups excluding carboxylic acids is 1. The number of rotatable bonds is 9. The summed E-state index contributed by atoms with van der Waals surface area (Å²) in [7, 11) is -3.61. The maximum atomic E-state index is 12.6. The molecule has 0 aliphatic carbocycles. The standard InChI is InChI=1S/C24H26N2O4S/c1-3-31(28,29)26(23-12-8-7-9-19(23)2)17-24(27)25-21-13-15-22(16-14-21)30-18-20-10-5-4-6-11-20/h4-16H,3,17-18H2,1-2H3,(H,25,27). The van der Waals surface area contributed by atoms with Crippen LogP contribution in [0, 0.1) is 6.92 Å². The number of nitrogens with zero attached hydrogens (tertiary/aromatic N) is 1. The summed E-state index contributed by atoms with van der Waals surface area (Å²) in [5.41, 5.74) is 2.92. The molecule has 0 atom stereocenters. The number of hydrogen-bond donors (Lipinski definition) is 1. The molecule has 0 spiro atoms. The predicted octanol–water partition coefficient (Wildman–Crippen LogP) is 4.37. The Hall–Kier alpha value is -3.32. The van der Waals surface area contributed by atoms with E-state index in [-0.39, 0.29) is 12.3 Å². The molecule has 7 heteroatoms. The molecule has 0 heterocycles. The maximum absolute atomic E-state index is 12.6. The van der Waals surface area contributed by atoms with E-state index in [0.29, 0.717) is 23.7 Å². The number of hydrogen-bond acceptors (Lipinski definition) is 4. The van der Waals surface area contributed by atoms with E-state index in [0.717, 1.165) is 15.4 Å². The highest BCUT2D eigenvalue weighted by molar-refractivity contribution is 7.92. The zero-order chi connectivity index (χ0) is 22.3. The van der Waals surface area contributed by atoms with Crippen molar-refractivity contribution >= 4 is 27.3 Å². The molecule has 0 radical (unpaired) electrons. The van der Waals surface area contributed by atoms with Crippen molar-refractivity contribution in [2.24, 2.45) is 0 Å². The number of carbonyl (C=O) groups is 1. The summed E-state index contributed by atoms with van der Waals surface area (Å²) in [6.45, 7) is 3.53. The Kier molecular flexibility index (Phi) is 7.31. The van der Waals surface area contributed by atoms with Crippen molar-refractivity contribution < 1.29 is 17.9 Å². The van der Waals surface area contributed by atoms with Gasteiger partial charge in [-0.25, -0.2) is 8.42 Å². The van der Waals surface area contributed by atoms with Crippen LogP contribution in [0.25, 0.3) is 0 Å². The quantitative estimate of drug-likeness (QED) is 0.538. The van der Waals surface area contributed by atoms with Gasteiger partial charge < -0.3 is 10.1 Å². The highest BCUT2D eigenvalue weighted by atomic mass is 32.2. The molecule has 0 fully saturated rings. The molecular formula is C24H26N2O4S. The van der Waals surface area contributed by atoms with Crippen LogP contribution in [0.5, 0.6) is 5.75 Å². The summed E-state index contributed by atoms with van der Waals surface area (Å²) < 4.78 is 32.1. The summed E-state index contributed by atoms with van der Waals surface area (Å²) >= 11 is 0. The molecular weight excluding hydrogens is 412 g/mol. The monoisotopic (exact) mass is 438 g/mol. The summed E-state index contributed by atoms with van der Waals surface area (Å²) in [6, 6.07) is 23.9. The number of anilines is 2. The number of para-hydroxylation sites is 1. The van der Waals surface area contributed by atoms with Crippen molar-refractivity contribution in [3.63, 3.8) is 0 Å². The maximum Gasteiger partial charge on any atom is 0.245 e. The molecule has 3 aromatic carbocycles. The average Bonchev–Trinajstić information content (AvgIpc) is 2.78. The first kappa shape index (κ1) is 22.4.